The highest BCUT2D eigenvalue weighted by Crippen LogP contribution is 2.24. The molecule has 0 saturated carbocycles. The van der Waals surface area contributed by atoms with E-state index in [-0.39, 0.29) is 5.91 Å². The molecule has 0 saturated heterocycles. The van der Waals surface area contributed by atoms with E-state index in [2.05, 4.69) is 10.3 Å². The molecule has 0 aliphatic rings. The Morgan fingerprint density at radius 1 is 0.967 bits per heavy atom. The first kappa shape index (κ1) is 19.2. The van der Waals surface area contributed by atoms with Gasteiger partial charge in [-0.1, -0.05) is 24.3 Å². The van der Waals surface area contributed by atoms with E-state index in [0.717, 1.165) is 0 Å². The summed E-state index contributed by atoms with van der Waals surface area (Å²) >= 11 is 0. The average Bonchev–Trinajstić information content (AvgIpc) is 2.75. The zero-order chi connectivity index (χ0) is 21.1. The SMILES string of the molecule is CCn1c(=O)c(=O)[nH]c2cc(C(=O)Nc3cccc(Oc4ccccc4)c3)ccc21. The van der Waals surface area contributed by atoms with Crippen LogP contribution in [0.4, 0.5) is 5.69 Å². The number of nitrogens with zero attached hydrogens (tertiary/aromatic N) is 1. The van der Waals surface area contributed by atoms with E-state index in [1.807, 2.05) is 30.3 Å². The normalized spacial score (nSPS) is 10.7. The molecule has 4 aromatic rings. The number of hydrogen-bond acceptors (Lipinski definition) is 4. The molecule has 1 heterocycles. The molecule has 0 bridgehead atoms. The second-order valence-electron chi connectivity index (χ2n) is 6.63. The van der Waals surface area contributed by atoms with Gasteiger partial charge in [-0.05, 0) is 49.4 Å². The summed E-state index contributed by atoms with van der Waals surface area (Å²) in [6, 6.07) is 21.2. The third-order valence-corrected chi connectivity index (χ3v) is 4.62. The van der Waals surface area contributed by atoms with Crippen molar-refractivity contribution >= 4 is 22.6 Å². The molecule has 1 amide bonds. The number of H-pyrrole nitrogens is 1. The van der Waals surface area contributed by atoms with E-state index in [1.165, 1.54) is 4.57 Å². The second kappa shape index (κ2) is 8.08. The number of carbonyl (C=O) groups excluding carboxylic acids is 1. The number of benzene rings is 3. The van der Waals surface area contributed by atoms with Gasteiger partial charge >= 0.3 is 11.1 Å². The fourth-order valence-corrected chi connectivity index (χ4v) is 3.20. The Labute approximate surface area is 171 Å². The fourth-order valence-electron chi connectivity index (χ4n) is 3.20. The standard InChI is InChI=1S/C23H19N3O4/c1-2-26-20-12-11-15(13-19(20)25-22(28)23(26)29)21(27)24-16-7-6-10-18(14-16)30-17-8-4-3-5-9-17/h3-14H,2H2,1H3,(H,24,27)(H,25,28). The first-order valence-electron chi connectivity index (χ1n) is 9.46. The average molecular weight is 401 g/mol. The Hall–Kier alpha value is -4.13. The molecule has 0 unspecified atom stereocenters. The summed E-state index contributed by atoms with van der Waals surface area (Å²) in [6.45, 7) is 2.14. The summed E-state index contributed by atoms with van der Waals surface area (Å²) in [5.41, 5.74) is 0.589. The first-order chi connectivity index (χ1) is 14.5. The van der Waals surface area contributed by atoms with Crippen molar-refractivity contribution in [2.75, 3.05) is 5.32 Å². The summed E-state index contributed by atoms with van der Waals surface area (Å²) < 4.78 is 7.17. The van der Waals surface area contributed by atoms with E-state index in [9.17, 15) is 14.4 Å². The van der Waals surface area contributed by atoms with Crippen LogP contribution in [0.2, 0.25) is 0 Å². The number of aromatic nitrogens is 2. The molecule has 4 rings (SSSR count). The largest absolute Gasteiger partial charge is 0.457 e. The Morgan fingerprint density at radius 2 is 1.73 bits per heavy atom. The number of fused-ring (bicyclic) bond motifs is 1. The maximum atomic E-state index is 12.7. The van der Waals surface area contributed by atoms with Crippen molar-refractivity contribution in [1.82, 2.24) is 9.55 Å². The van der Waals surface area contributed by atoms with Crippen LogP contribution in [0.5, 0.6) is 11.5 Å². The van der Waals surface area contributed by atoms with Crippen LogP contribution in [0, 0.1) is 0 Å². The van der Waals surface area contributed by atoms with Gasteiger partial charge in [-0.15, -0.1) is 0 Å². The van der Waals surface area contributed by atoms with Crippen LogP contribution in [0.1, 0.15) is 17.3 Å². The molecular weight excluding hydrogens is 382 g/mol. The minimum Gasteiger partial charge on any atom is -0.457 e. The summed E-state index contributed by atoms with van der Waals surface area (Å²) in [5, 5.41) is 2.82. The summed E-state index contributed by atoms with van der Waals surface area (Å²) in [4.78, 5) is 39.1. The zero-order valence-corrected chi connectivity index (χ0v) is 16.2. The number of carbonyl (C=O) groups is 1. The number of amides is 1. The lowest BCUT2D eigenvalue weighted by Crippen LogP contribution is -2.36. The minimum absolute atomic E-state index is 0.344. The number of aromatic amines is 1. The molecule has 2 N–H and O–H groups in total. The Morgan fingerprint density at radius 3 is 2.50 bits per heavy atom. The lowest BCUT2D eigenvalue weighted by molar-refractivity contribution is 0.102. The topological polar surface area (TPSA) is 93.2 Å². The monoisotopic (exact) mass is 401 g/mol. The van der Waals surface area contributed by atoms with Gasteiger partial charge in [0, 0.05) is 23.9 Å². The molecule has 30 heavy (non-hydrogen) atoms. The van der Waals surface area contributed by atoms with Crippen molar-refractivity contribution in [1.29, 1.82) is 0 Å². The molecule has 0 radical (unpaired) electrons. The van der Waals surface area contributed by atoms with E-state index in [4.69, 9.17) is 4.74 Å². The first-order valence-corrected chi connectivity index (χ1v) is 9.46. The molecule has 7 nitrogen and oxygen atoms in total. The minimum atomic E-state index is -0.715. The maximum Gasteiger partial charge on any atom is 0.316 e. The second-order valence-corrected chi connectivity index (χ2v) is 6.63. The summed E-state index contributed by atoms with van der Waals surface area (Å²) in [7, 11) is 0. The number of ether oxygens (including phenoxy) is 1. The van der Waals surface area contributed by atoms with Crippen LogP contribution in [0.15, 0.2) is 82.4 Å². The molecule has 7 heteroatoms. The molecule has 1 aromatic heterocycles. The van der Waals surface area contributed by atoms with Crippen LogP contribution in [-0.2, 0) is 6.54 Å². The van der Waals surface area contributed by atoms with Gasteiger partial charge in [-0.3, -0.25) is 14.4 Å². The van der Waals surface area contributed by atoms with Crippen molar-refractivity contribution < 1.29 is 9.53 Å². The summed E-state index contributed by atoms with van der Waals surface area (Å²) in [6.07, 6.45) is 0. The van der Waals surface area contributed by atoms with Gasteiger partial charge in [0.2, 0.25) is 0 Å². The lowest BCUT2D eigenvalue weighted by atomic mass is 10.1. The molecular formula is C23H19N3O4. The molecule has 0 aliphatic heterocycles. The Kier molecular flexibility index (Phi) is 5.17. The van der Waals surface area contributed by atoms with E-state index >= 15 is 0 Å². The zero-order valence-electron chi connectivity index (χ0n) is 16.2. The number of anilines is 1. The fraction of sp³-hybridized carbons (Fsp3) is 0.0870. The van der Waals surface area contributed by atoms with Crippen LogP contribution in [0.25, 0.3) is 11.0 Å². The van der Waals surface area contributed by atoms with Crippen LogP contribution in [-0.4, -0.2) is 15.5 Å². The Bertz CT molecular complexity index is 1340. The van der Waals surface area contributed by atoms with Crippen LogP contribution < -0.4 is 21.2 Å². The summed E-state index contributed by atoms with van der Waals surface area (Å²) in [5.74, 6) is 0.944. The number of hydrogen-bond donors (Lipinski definition) is 2. The third kappa shape index (κ3) is 3.86. The quantitative estimate of drug-likeness (QED) is 0.498. The van der Waals surface area contributed by atoms with Gasteiger partial charge < -0.3 is 19.6 Å². The highest BCUT2D eigenvalue weighted by atomic mass is 16.5. The number of rotatable bonds is 5. The van der Waals surface area contributed by atoms with Crippen molar-refractivity contribution in [2.24, 2.45) is 0 Å². The lowest BCUT2D eigenvalue weighted by Gasteiger charge is -2.10. The van der Waals surface area contributed by atoms with Crippen LogP contribution in [0.3, 0.4) is 0 Å². The molecule has 3 aromatic carbocycles. The predicted octanol–water partition coefficient (Wildman–Crippen LogP) is 3.75. The number of aryl methyl sites for hydroxylation is 1. The molecule has 0 spiro atoms. The molecule has 0 aliphatic carbocycles. The van der Waals surface area contributed by atoms with Crippen molar-refractivity contribution in [3.8, 4) is 11.5 Å². The molecule has 150 valence electrons. The van der Waals surface area contributed by atoms with Gasteiger partial charge in [-0.25, -0.2) is 0 Å². The highest BCUT2D eigenvalue weighted by Gasteiger charge is 2.11. The molecule has 0 fully saturated rings. The van der Waals surface area contributed by atoms with Crippen molar-refractivity contribution in [3.63, 3.8) is 0 Å². The van der Waals surface area contributed by atoms with Crippen molar-refractivity contribution in [3.05, 3.63) is 99.1 Å². The van der Waals surface area contributed by atoms with Gasteiger partial charge in [0.25, 0.3) is 5.91 Å². The Balaban J connectivity index is 1.59. The van der Waals surface area contributed by atoms with Gasteiger partial charge in [0.1, 0.15) is 11.5 Å². The third-order valence-electron chi connectivity index (χ3n) is 4.62. The van der Waals surface area contributed by atoms with Crippen molar-refractivity contribution in [2.45, 2.75) is 13.5 Å². The van der Waals surface area contributed by atoms with E-state index < -0.39 is 11.1 Å². The predicted molar refractivity (Wildman–Crippen MR) is 115 cm³/mol. The van der Waals surface area contributed by atoms with Gasteiger partial charge in [-0.2, -0.15) is 0 Å². The van der Waals surface area contributed by atoms with E-state index in [1.54, 1.807) is 49.4 Å². The highest BCUT2D eigenvalue weighted by molar-refractivity contribution is 6.06. The van der Waals surface area contributed by atoms with Crippen LogP contribution >= 0.6 is 0 Å². The molecule has 0 atom stereocenters. The number of nitrogens with one attached hydrogen (secondary N) is 2. The number of para-hydroxylation sites is 1. The smallest absolute Gasteiger partial charge is 0.316 e. The van der Waals surface area contributed by atoms with E-state index in [0.29, 0.717) is 40.3 Å². The van der Waals surface area contributed by atoms with Gasteiger partial charge in [0.05, 0.1) is 11.0 Å². The maximum absolute atomic E-state index is 12.7. The van der Waals surface area contributed by atoms with Gasteiger partial charge in [0.15, 0.2) is 0 Å².